The summed E-state index contributed by atoms with van der Waals surface area (Å²) in [6.45, 7) is 5.64. The van der Waals surface area contributed by atoms with Gasteiger partial charge in [0.1, 0.15) is 0 Å². The molecule has 0 amide bonds. The summed E-state index contributed by atoms with van der Waals surface area (Å²) >= 11 is 0. The maximum atomic E-state index is 12.4. The molecule has 0 rings (SSSR count). The highest BCUT2D eigenvalue weighted by Gasteiger charge is 2.17. The molecule has 0 unspecified atom stereocenters. The molecule has 0 aromatic rings. The van der Waals surface area contributed by atoms with Crippen LogP contribution in [-0.4, -0.2) is 29.5 Å². The normalized spacial score (nSPS) is 14.3. The molecule has 0 fully saturated rings. The minimum atomic E-state index is -1.81. The Labute approximate surface area is 71.5 Å². The number of halogens is 1. The van der Waals surface area contributed by atoms with Crippen LogP contribution in [0.4, 0.5) is 4.39 Å². The van der Waals surface area contributed by atoms with Crippen LogP contribution >= 0.6 is 0 Å². The summed E-state index contributed by atoms with van der Waals surface area (Å²) in [5.41, 5.74) is -0.335. The summed E-state index contributed by atoms with van der Waals surface area (Å²) in [7, 11) is 0. The van der Waals surface area contributed by atoms with Gasteiger partial charge >= 0.3 is 5.97 Å². The molecule has 12 heavy (non-hydrogen) atoms. The number of carbonyl (C=O) groups is 1. The molecule has 0 saturated heterocycles. The Morgan fingerprint density at radius 2 is 2.08 bits per heavy atom. The van der Waals surface area contributed by atoms with E-state index in [1.54, 1.807) is 0 Å². The predicted octanol–water partition coefficient (Wildman–Crippen LogP) is 1.61. The lowest BCUT2D eigenvalue weighted by molar-refractivity contribution is -0.144. The van der Waals surface area contributed by atoms with Gasteiger partial charge in [-0.2, -0.15) is 0 Å². The molecule has 1 N–H and O–H groups in total. The van der Waals surface area contributed by atoms with Crippen LogP contribution in [0, 0.1) is 0 Å². The first-order chi connectivity index (χ1) is 5.33. The lowest BCUT2D eigenvalue weighted by Crippen LogP contribution is -2.23. The first kappa shape index (κ1) is 11.4. The summed E-state index contributed by atoms with van der Waals surface area (Å²) in [5.74, 6) is -1.42. The number of rotatable bonds is 4. The van der Waals surface area contributed by atoms with Crippen molar-refractivity contribution in [1.82, 2.24) is 0 Å². The van der Waals surface area contributed by atoms with Crippen molar-refractivity contribution in [3.8, 4) is 0 Å². The van der Waals surface area contributed by atoms with Crippen LogP contribution in [0.25, 0.3) is 0 Å². The largest absolute Gasteiger partial charge is 0.479 e. The standard InChI is InChI=1S/C8H15FO3/c1-8(2,3)12-5-4-6(9)7(10)11/h6H,4-5H2,1-3H3,(H,10,11)/t6-/m0/s1. The van der Waals surface area contributed by atoms with Crippen LogP contribution in [0.5, 0.6) is 0 Å². The van der Waals surface area contributed by atoms with Crippen molar-refractivity contribution in [3.63, 3.8) is 0 Å². The predicted molar refractivity (Wildman–Crippen MR) is 42.9 cm³/mol. The van der Waals surface area contributed by atoms with Crippen molar-refractivity contribution in [3.05, 3.63) is 0 Å². The van der Waals surface area contributed by atoms with Crippen molar-refractivity contribution < 1.29 is 19.0 Å². The zero-order valence-corrected chi connectivity index (χ0v) is 7.63. The van der Waals surface area contributed by atoms with E-state index in [0.29, 0.717) is 0 Å². The van der Waals surface area contributed by atoms with Gasteiger partial charge in [-0.15, -0.1) is 0 Å². The molecule has 0 aromatic heterocycles. The Bertz CT molecular complexity index is 151. The molecule has 1 atom stereocenters. The SMILES string of the molecule is CC(C)(C)OCC[C@H](F)C(=O)O. The third-order valence-electron chi connectivity index (χ3n) is 1.17. The van der Waals surface area contributed by atoms with E-state index in [4.69, 9.17) is 9.84 Å². The van der Waals surface area contributed by atoms with Crippen molar-refractivity contribution >= 4 is 5.97 Å². The fourth-order valence-electron chi connectivity index (χ4n) is 0.592. The number of hydrogen-bond acceptors (Lipinski definition) is 2. The Balaban J connectivity index is 3.51. The van der Waals surface area contributed by atoms with Gasteiger partial charge in [0.05, 0.1) is 12.2 Å². The molecular weight excluding hydrogens is 163 g/mol. The second kappa shape index (κ2) is 4.40. The Kier molecular flexibility index (Phi) is 4.17. The maximum absolute atomic E-state index is 12.4. The van der Waals surface area contributed by atoms with Gasteiger partial charge in [0.25, 0.3) is 0 Å². The summed E-state index contributed by atoms with van der Waals surface area (Å²) in [6.07, 6.45) is -1.90. The molecule has 0 aliphatic heterocycles. The Hall–Kier alpha value is -0.640. The molecule has 4 heteroatoms. The van der Waals surface area contributed by atoms with E-state index in [1.807, 2.05) is 20.8 Å². The molecule has 72 valence electrons. The number of carboxylic acids is 1. The number of aliphatic carboxylic acids is 1. The average molecular weight is 178 g/mol. The van der Waals surface area contributed by atoms with E-state index in [-0.39, 0.29) is 18.6 Å². The Morgan fingerprint density at radius 3 is 2.42 bits per heavy atom. The van der Waals surface area contributed by atoms with Crippen LogP contribution in [0.3, 0.4) is 0 Å². The quantitative estimate of drug-likeness (QED) is 0.711. The Morgan fingerprint density at radius 1 is 1.58 bits per heavy atom. The van der Waals surface area contributed by atoms with Crippen molar-refractivity contribution in [2.24, 2.45) is 0 Å². The fraction of sp³-hybridized carbons (Fsp3) is 0.875. The van der Waals surface area contributed by atoms with Gasteiger partial charge in [-0.25, -0.2) is 9.18 Å². The van der Waals surface area contributed by atoms with Crippen LogP contribution < -0.4 is 0 Å². The van der Waals surface area contributed by atoms with Crippen LogP contribution in [0.1, 0.15) is 27.2 Å². The van der Waals surface area contributed by atoms with E-state index in [2.05, 4.69) is 0 Å². The molecular formula is C8H15FO3. The van der Waals surface area contributed by atoms with Gasteiger partial charge in [-0.1, -0.05) is 0 Å². The second-order valence-electron chi connectivity index (χ2n) is 3.56. The van der Waals surface area contributed by atoms with E-state index in [1.165, 1.54) is 0 Å². The van der Waals surface area contributed by atoms with E-state index in [9.17, 15) is 9.18 Å². The monoisotopic (exact) mass is 178 g/mol. The zero-order chi connectivity index (χ0) is 9.78. The molecule has 0 radical (unpaired) electrons. The van der Waals surface area contributed by atoms with Crippen LogP contribution in [0.15, 0.2) is 0 Å². The van der Waals surface area contributed by atoms with E-state index < -0.39 is 12.1 Å². The smallest absolute Gasteiger partial charge is 0.338 e. The van der Waals surface area contributed by atoms with Gasteiger partial charge in [0, 0.05) is 6.42 Å². The first-order valence-corrected chi connectivity index (χ1v) is 3.84. The van der Waals surface area contributed by atoms with Gasteiger partial charge in [0.2, 0.25) is 0 Å². The molecule has 3 nitrogen and oxygen atoms in total. The van der Waals surface area contributed by atoms with Crippen LogP contribution in [-0.2, 0) is 9.53 Å². The molecule has 0 heterocycles. The first-order valence-electron chi connectivity index (χ1n) is 3.84. The van der Waals surface area contributed by atoms with Gasteiger partial charge < -0.3 is 9.84 Å². The fourth-order valence-corrected chi connectivity index (χ4v) is 0.592. The molecule has 0 aliphatic rings. The molecule has 0 spiro atoms. The molecule has 0 saturated carbocycles. The minimum absolute atomic E-state index is 0.0907. The second-order valence-corrected chi connectivity index (χ2v) is 3.56. The number of hydrogen-bond donors (Lipinski definition) is 1. The highest BCUT2D eigenvalue weighted by molar-refractivity contribution is 5.71. The summed E-state index contributed by atoms with van der Waals surface area (Å²) in [5, 5.41) is 8.18. The zero-order valence-electron chi connectivity index (χ0n) is 7.63. The minimum Gasteiger partial charge on any atom is -0.479 e. The third-order valence-corrected chi connectivity index (χ3v) is 1.17. The summed E-state index contributed by atoms with van der Waals surface area (Å²) in [4.78, 5) is 10.0. The highest BCUT2D eigenvalue weighted by Crippen LogP contribution is 2.08. The lowest BCUT2D eigenvalue weighted by Gasteiger charge is -2.19. The number of alkyl halides is 1. The summed E-state index contributed by atoms with van der Waals surface area (Å²) in [6, 6.07) is 0. The highest BCUT2D eigenvalue weighted by atomic mass is 19.1. The van der Waals surface area contributed by atoms with Crippen molar-refractivity contribution in [1.29, 1.82) is 0 Å². The molecule has 0 aromatic carbocycles. The topological polar surface area (TPSA) is 46.5 Å². The molecule has 0 bridgehead atoms. The van der Waals surface area contributed by atoms with Gasteiger partial charge in [-0.3, -0.25) is 0 Å². The maximum Gasteiger partial charge on any atom is 0.338 e. The van der Waals surface area contributed by atoms with E-state index in [0.717, 1.165) is 0 Å². The van der Waals surface area contributed by atoms with Crippen LogP contribution in [0.2, 0.25) is 0 Å². The average Bonchev–Trinajstić information content (AvgIpc) is 1.84. The molecule has 0 aliphatic carbocycles. The van der Waals surface area contributed by atoms with Gasteiger partial charge in [-0.05, 0) is 20.8 Å². The van der Waals surface area contributed by atoms with Crippen molar-refractivity contribution in [2.45, 2.75) is 39.0 Å². The van der Waals surface area contributed by atoms with Gasteiger partial charge in [0.15, 0.2) is 6.17 Å². The summed E-state index contributed by atoms with van der Waals surface area (Å²) < 4.78 is 17.6. The third kappa shape index (κ3) is 6.09. The number of carboxylic acid groups (broad SMARTS) is 1. The number of ether oxygens (including phenoxy) is 1. The van der Waals surface area contributed by atoms with Crippen molar-refractivity contribution in [2.75, 3.05) is 6.61 Å². The van der Waals surface area contributed by atoms with E-state index >= 15 is 0 Å². The lowest BCUT2D eigenvalue weighted by atomic mass is 10.2.